The lowest BCUT2D eigenvalue weighted by atomic mass is 10.3. The molecule has 7 nitrogen and oxygen atoms in total. The van der Waals surface area contributed by atoms with Crippen LogP contribution in [0.5, 0.6) is 0 Å². The molecule has 0 spiro atoms. The lowest BCUT2D eigenvalue weighted by Crippen LogP contribution is -2.27. The van der Waals surface area contributed by atoms with Crippen LogP contribution in [-0.2, 0) is 16.6 Å². The molecule has 0 aliphatic carbocycles. The molecule has 0 fully saturated rings. The maximum absolute atomic E-state index is 12.2. The number of hydrogen-bond acceptors (Lipinski definition) is 6. The summed E-state index contributed by atoms with van der Waals surface area (Å²) < 4.78 is 26.9. The topological polar surface area (TPSA) is 111 Å². The van der Waals surface area contributed by atoms with E-state index in [1.165, 1.54) is 30.9 Å². The molecular weight excluding hydrogens is 298 g/mol. The molecule has 0 aliphatic heterocycles. The van der Waals surface area contributed by atoms with Crippen molar-refractivity contribution < 1.29 is 8.42 Å². The Hall–Kier alpha value is -1.97. The minimum Gasteiger partial charge on any atom is -0.388 e. The fourth-order valence-electron chi connectivity index (χ4n) is 1.46. The fraction of sp³-hybridized carbons (Fsp3) is 0.0909. The molecule has 0 aromatic carbocycles. The molecule has 2 rings (SSSR count). The van der Waals surface area contributed by atoms with Crippen molar-refractivity contribution in [2.24, 2.45) is 5.73 Å². The fourth-order valence-corrected chi connectivity index (χ4v) is 2.86. The van der Waals surface area contributed by atoms with Crippen molar-refractivity contribution in [1.29, 1.82) is 0 Å². The van der Waals surface area contributed by atoms with E-state index in [1.807, 2.05) is 0 Å². The van der Waals surface area contributed by atoms with E-state index in [0.29, 0.717) is 5.69 Å². The number of aromatic nitrogens is 3. The quantitative estimate of drug-likeness (QED) is 0.747. The highest BCUT2D eigenvalue weighted by Gasteiger charge is 2.20. The van der Waals surface area contributed by atoms with Crippen LogP contribution in [0, 0.1) is 0 Å². The average molecular weight is 309 g/mol. The molecule has 20 heavy (non-hydrogen) atoms. The lowest BCUT2D eigenvalue weighted by molar-refractivity contribution is 0.579. The maximum atomic E-state index is 12.2. The van der Waals surface area contributed by atoms with Gasteiger partial charge in [-0.05, 0) is 18.2 Å². The summed E-state index contributed by atoms with van der Waals surface area (Å²) in [6, 6.07) is 4.51. The van der Waals surface area contributed by atoms with E-state index in [2.05, 4.69) is 19.7 Å². The summed E-state index contributed by atoms with van der Waals surface area (Å²) in [7, 11) is -3.77. The summed E-state index contributed by atoms with van der Waals surface area (Å²) in [5.74, 6) is 0. The van der Waals surface area contributed by atoms with Crippen molar-refractivity contribution in [2.75, 3.05) is 0 Å². The summed E-state index contributed by atoms with van der Waals surface area (Å²) in [4.78, 5) is 11.4. The SMILES string of the molecule is NC(=S)c1ncccc1S(=O)(=O)NCc1ccncn1. The number of nitrogens with zero attached hydrogens (tertiary/aromatic N) is 3. The van der Waals surface area contributed by atoms with Gasteiger partial charge in [-0.2, -0.15) is 0 Å². The van der Waals surface area contributed by atoms with Gasteiger partial charge in [-0.3, -0.25) is 4.98 Å². The summed E-state index contributed by atoms with van der Waals surface area (Å²) in [6.07, 6.45) is 4.30. The van der Waals surface area contributed by atoms with Crippen LogP contribution in [0.25, 0.3) is 0 Å². The normalized spacial score (nSPS) is 11.2. The smallest absolute Gasteiger partial charge is 0.243 e. The molecule has 2 aromatic rings. The standard InChI is InChI=1S/C11H11N5O2S2/c12-11(19)10-9(2-1-4-14-10)20(17,18)16-6-8-3-5-13-7-15-8/h1-5,7,16H,6H2,(H2,12,19). The Balaban J connectivity index is 2.25. The predicted molar refractivity (Wildman–Crippen MR) is 76.2 cm³/mol. The number of sulfonamides is 1. The second-order valence-electron chi connectivity index (χ2n) is 3.74. The Morgan fingerprint density at radius 2 is 2.10 bits per heavy atom. The van der Waals surface area contributed by atoms with Gasteiger partial charge in [0.15, 0.2) is 0 Å². The van der Waals surface area contributed by atoms with E-state index in [4.69, 9.17) is 18.0 Å². The van der Waals surface area contributed by atoms with E-state index in [9.17, 15) is 8.42 Å². The molecule has 104 valence electrons. The summed E-state index contributed by atoms with van der Waals surface area (Å²) >= 11 is 4.80. The molecule has 0 unspecified atom stereocenters. The third kappa shape index (κ3) is 3.32. The number of nitrogens with one attached hydrogen (secondary N) is 1. The van der Waals surface area contributed by atoms with Crippen molar-refractivity contribution in [1.82, 2.24) is 19.7 Å². The van der Waals surface area contributed by atoms with Crippen molar-refractivity contribution in [2.45, 2.75) is 11.4 Å². The van der Waals surface area contributed by atoms with E-state index in [-0.39, 0.29) is 22.1 Å². The highest BCUT2D eigenvalue weighted by atomic mass is 32.2. The maximum Gasteiger partial charge on any atom is 0.243 e. The van der Waals surface area contributed by atoms with Crippen LogP contribution in [0.4, 0.5) is 0 Å². The second-order valence-corrected chi connectivity index (χ2v) is 5.91. The van der Waals surface area contributed by atoms with Crippen molar-refractivity contribution >= 4 is 27.2 Å². The summed E-state index contributed by atoms with van der Waals surface area (Å²) in [5.41, 5.74) is 6.09. The van der Waals surface area contributed by atoms with Gasteiger partial charge in [-0.1, -0.05) is 12.2 Å². The van der Waals surface area contributed by atoms with Gasteiger partial charge in [-0.25, -0.2) is 23.1 Å². The monoisotopic (exact) mass is 309 g/mol. The minimum atomic E-state index is -3.77. The van der Waals surface area contributed by atoms with Gasteiger partial charge in [0.1, 0.15) is 21.9 Å². The Morgan fingerprint density at radius 3 is 2.75 bits per heavy atom. The molecule has 2 heterocycles. The molecule has 0 bridgehead atoms. The van der Waals surface area contributed by atoms with Crippen LogP contribution >= 0.6 is 12.2 Å². The lowest BCUT2D eigenvalue weighted by Gasteiger charge is -2.09. The second kappa shape index (κ2) is 5.99. The zero-order chi connectivity index (χ0) is 14.6. The first-order valence-electron chi connectivity index (χ1n) is 5.50. The Bertz CT molecular complexity index is 719. The van der Waals surface area contributed by atoms with E-state index in [0.717, 1.165) is 0 Å². The van der Waals surface area contributed by atoms with Crippen LogP contribution in [0.15, 0.2) is 41.8 Å². The molecular formula is C11H11N5O2S2. The molecule has 0 aliphatic rings. The molecule has 0 saturated carbocycles. The molecule has 9 heteroatoms. The summed E-state index contributed by atoms with van der Waals surface area (Å²) in [6.45, 7) is 0.0382. The van der Waals surface area contributed by atoms with E-state index in [1.54, 1.807) is 6.07 Å². The Kier molecular flexibility index (Phi) is 4.32. The predicted octanol–water partition coefficient (Wildman–Crippen LogP) is -0.0157. The van der Waals surface area contributed by atoms with Crippen molar-refractivity contribution in [3.63, 3.8) is 0 Å². The van der Waals surface area contributed by atoms with Gasteiger partial charge in [0.2, 0.25) is 10.0 Å². The van der Waals surface area contributed by atoms with Crippen molar-refractivity contribution in [3.8, 4) is 0 Å². The van der Waals surface area contributed by atoms with Gasteiger partial charge in [0.25, 0.3) is 0 Å². The average Bonchev–Trinajstić information content (AvgIpc) is 2.46. The zero-order valence-electron chi connectivity index (χ0n) is 10.2. The van der Waals surface area contributed by atoms with Crippen molar-refractivity contribution in [3.05, 3.63) is 48.3 Å². The number of thiocarbonyl (C=S) groups is 1. The molecule has 3 N–H and O–H groups in total. The van der Waals surface area contributed by atoms with Crippen LogP contribution in [0.3, 0.4) is 0 Å². The number of hydrogen-bond donors (Lipinski definition) is 2. The first-order chi connectivity index (χ1) is 9.50. The number of nitrogens with two attached hydrogens (primary N) is 1. The highest BCUT2D eigenvalue weighted by Crippen LogP contribution is 2.13. The van der Waals surface area contributed by atoms with Gasteiger partial charge >= 0.3 is 0 Å². The van der Waals surface area contributed by atoms with E-state index < -0.39 is 10.0 Å². The van der Waals surface area contributed by atoms with Gasteiger partial charge in [-0.15, -0.1) is 0 Å². The molecule has 0 amide bonds. The minimum absolute atomic E-state index is 0.0382. The highest BCUT2D eigenvalue weighted by molar-refractivity contribution is 7.89. The third-order valence-corrected chi connectivity index (χ3v) is 4.01. The van der Waals surface area contributed by atoms with Gasteiger partial charge in [0, 0.05) is 12.4 Å². The Morgan fingerprint density at radius 1 is 1.30 bits per heavy atom. The first-order valence-corrected chi connectivity index (χ1v) is 7.39. The molecule has 2 aromatic heterocycles. The van der Waals surface area contributed by atoms with Gasteiger partial charge in [0.05, 0.1) is 12.2 Å². The van der Waals surface area contributed by atoms with Gasteiger partial charge < -0.3 is 5.73 Å². The first kappa shape index (κ1) is 14.4. The van der Waals surface area contributed by atoms with Crippen LogP contribution in [0.2, 0.25) is 0 Å². The Labute approximate surface area is 121 Å². The molecule has 0 radical (unpaired) electrons. The largest absolute Gasteiger partial charge is 0.388 e. The van der Waals surface area contributed by atoms with Crippen LogP contribution in [-0.4, -0.2) is 28.4 Å². The summed E-state index contributed by atoms with van der Waals surface area (Å²) in [5, 5.41) is 0. The molecule has 0 atom stereocenters. The van der Waals surface area contributed by atoms with Crippen LogP contribution in [0.1, 0.15) is 11.4 Å². The van der Waals surface area contributed by atoms with Crippen LogP contribution < -0.4 is 10.5 Å². The molecule has 0 saturated heterocycles. The number of pyridine rings is 1. The number of rotatable bonds is 5. The van der Waals surface area contributed by atoms with E-state index >= 15 is 0 Å². The zero-order valence-corrected chi connectivity index (χ0v) is 11.9. The third-order valence-electron chi connectivity index (χ3n) is 2.38.